The molecule has 6 rings (SSSR count). The maximum absolute atomic E-state index is 12.1. The number of carboxylic acid groups (broad SMARTS) is 1. The summed E-state index contributed by atoms with van der Waals surface area (Å²) in [7, 11) is 0. The Morgan fingerprint density at radius 2 is 1.83 bits per heavy atom. The molecule has 1 amide bonds. The van der Waals surface area contributed by atoms with Crippen molar-refractivity contribution in [2.45, 2.75) is 57.7 Å². The number of aliphatic hydroxyl groups is 1. The number of aryl methyl sites for hydroxylation is 1. The summed E-state index contributed by atoms with van der Waals surface area (Å²) < 4.78 is 1.95. The number of fused-ring (bicyclic) bond motifs is 1. The van der Waals surface area contributed by atoms with Gasteiger partial charge in [-0.1, -0.05) is 67.6 Å². The van der Waals surface area contributed by atoms with Crippen LogP contribution in [0.15, 0.2) is 85.3 Å². The van der Waals surface area contributed by atoms with E-state index in [0.717, 1.165) is 40.7 Å². The molecule has 0 radical (unpaired) electrons. The zero-order valence-electron chi connectivity index (χ0n) is 25.9. The molecule has 3 N–H and O–H groups in total. The van der Waals surface area contributed by atoms with Crippen LogP contribution in [-0.2, 0) is 12.8 Å². The van der Waals surface area contributed by atoms with Gasteiger partial charge in [0.1, 0.15) is 17.4 Å². The van der Waals surface area contributed by atoms with Crippen molar-refractivity contribution in [1.29, 1.82) is 5.26 Å². The highest BCUT2D eigenvalue weighted by molar-refractivity contribution is 5.68. The summed E-state index contributed by atoms with van der Waals surface area (Å²) in [6.45, 7) is 4.54. The Kier molecular flexibility index (Phi) is 8.94. The molecule has 0 saturated carbocycles. The number of aromatic nitrogens is 4. The van der Waals surface area contributed by atoms with Crippen LogP contribution < -0.4 is 5.32 Å². The van der Waals surface area contributed by atoms with Crippen molar-refractivity contribution in [2.75, 3.05) is 11.9 Å². The number of nitrogens with zero attached hydrogens (tertiary/aromatic N) is 6. The Labute approximate surface area is 268 Å². The van der Waals surface area contributed by atoms with Gasteiger partial charge in [-0.25, -0.2) is 19.7 Å². The number of pyridine rings is 1. The minimum Gasteiger partial charge on any atom is -0.465 e. The Hall–Kier alpha value is -5.27. The van der Waals surface area contributed by atoms with Crippen molar-refractivity contribution in [1.82, 2.24) is 24.3 Å². The molecule has 4 atom stereocenters. The minimum absolute atomic E-state index is 0.177. The number of aliphatic hydroxyl groups excluding tert-OH is 1. The van der Waals surface area contributed by atoms with Crippen LogP contribution in [0, 0.1) is 17.2 Å². The zero-order valence-corrected chi connectivity index (χ0v) is 25.9. The van der Waals surface area contributed by atoms with Crippen LogP contribution in [0.1, 0.15) is 66.7 Å². The minimum atomic E-state index is -0.951. The van der Waals surface area contributed by atoms with E-state index < -0.39 is 12.2 Å². The molecule has 3 aromatic heterocycles. The molecule has 0 bridgehead atoms. The molecule has 1 aliphatic heterocycles. The Balaban J connectivity index is 1.20. The lowest BCUT2D eigenvalue weighted by molar-refractivity contribution is 0.00916. The lowest BCUT2D eigenvalue weighted by Gasteiger charge is -2.42. The van der Waals surface area contributed by atoms with E-state index in [2.05, 4.69) is 28.3 Å². The molecule has 46 heavy (non-hydrogen) atoms. The third kappa shape index (κ3) is 6.14. The van der Waals surface area contributed by atoms with Gasteiger partial charge in [0, 0.05) is 24.7 Å². The number of imidazole rings is 1. The second-order valence-corrected chi connectivity index (χ2v) is 11.8. The van der Waals surface area contributed by atoms with E-state index in [1.807, 2.05) is 84.3 Å². The Morgan fingerprint density at radius 1 is 1.07 bits per heavy atom. The van der Waals surface area contributed by atoms with Crippen molar-refractivity contribution in [2.24, 2.45) is 5.92 Å². The highest BCUT2D eigenvalue weighted by Gasteiger charge is 2.38. The van der Waals surface area contributed by atoms with Gasteiger partial charge < -0.3 is 20.4 Å². The number of likely N-dealkylation sites (tertiary alicyclic amines) is 1. The van der Waals surface area contributed by atoms with Crippen molar-refractivity contribution in [3.63, 3.8) is 0 Å². The van der Waals surface area contributed by atoms with Gasteiger partial charge >= 0.3 is 6.09 Å². The first-order valence-corrected chi connectivity index (χ1v) is 15.7. The van der Waals surface area contributed by atoms with E-state index >= 15 is 0 Å². The van der Waals surface area contributed by atoms with Crippen LogP contribution in [0.2, 0.25) is 0 Å². The predicted octanol–water partition coefficient (Wildman–Crippen LogP) is 6.43. The van der Waals surface area contributed by atoms with E-state index in [1.165, 1.54) is 11.1 Å². The van der Waals surface area contributed by atoms with Crippen molar-refractivity contribution >= 4 is 17.7 Å². The smallest absolute Gasteiger partial charge is 0.407 e. The average molecular weight is 616 g/mol. The monoisotopic (exact) mass is 615 g/mol. The highest BCUT2D eigenvalue weighted by atomic mass is 16.4. The second-order valence-electron chi connectivity index (χ2n) is 11.8. The van der Waals surface area contributed by atoms with Gasteiger partial charge in [0.25, 0.3) is 0 Å². The summed E-state index contributed by atoms with van der Waals surface area (Å²) in [6.07, 6.45) is 6.26. The zero-order chi connectivity index (χ0) is 32.2. The Bertz CT molecular complexity index is 1870. The quantitative estimate of drug-likeness (QED) is 0.172. The number of rotatable bonds is 9. The van der Waals surface area contributed by atoms with E-state index in [9.17, 15) is 20.3 Å². The fourth-order valence-corrected chi connectivity index (χ4v) is 6.56. The largest absolute Gasteiger partial charge is 0.465 e. The fraction of sp³-hybridized carbons (Fsp3) is 0.306. The molecule has 5 aromatic rings. The number of amides is 1. The number of anilines is 1. The standard InChI is InChI=1S/C36H37N7O3/c1-3-25-11-7-17-42-31(22-38-34(25)42)32-28(20-37)21-39-35(41-32)40-23(2)26-13-15-27(16-14-26)33(44)29-12-8-18-43(36(45)46)30(29)19-24-9-5-4-6-10-24/h4-7,9-11,13-17,21-23,29-30,33,44H,3,8,12,18-19H2,1-2H3,(H,45,46)(H,39,40,41)/t23-,29?,30?,33?/m0/s1. The van der Waals surface area contributed by atoms with Gasteiger partial charge in [-0.3, -0.25) is 4.40 Å². The van der Waals surface area contributed by atoms with Gasteiger partial charge in [-0.2, -0.15) is 5.26 Å². The first-order chi connectivity index (χ1) is 22.4. The number of piperidine rings is 1. The lowest BCUT2D eigenvalue weighted by atomic mass is 9.79. The molecule has 1 saturated heterocycles. The number of nitrogens with one attached hydrogen (secondary N) is 1. The molecule has 3 unspecified atom stereocenters. The SMILES string of the molecule is CCc1cccn2c(-c3nc(N[C@@H](C)c4ccc(C(O)C5CCCN(C(=O)O)C5Cc5ccccc5)cc4)ncc3C#N)cnc12. The van der Waals surface area contributed by atoms with Crippen LogP contribution in [0.4, 0.5) is 10.7 Å². The number of nitriles is 1. The summed E-state index contributed by atoms with van der Waals surface area (Å²) in [6, 6.07) is 23.3. The molecule has 0 spiro atoms. The fourth-order valence-electron chi connectivity index (χ4n) is 6.56. The van der Waals surface area contributed by atoms with E-state index in [1.54, 1.807) is 6.20 Å². The summed E-state index contributed by atoms with van der Waals surface area (Å²) in [4.78, 5) is 27.4. The van der Waals surface area contributed by atoms with Crippen LogP contribution in [-0.4, -0.2) is 53.1 Å². The van der Waals surface area contributed by atoms with Gasteiger partial charge in [0.2, 0.25) is 5.95 Å². The highest BCUT2D eigenvalue weighted by Crippen LogP contribution is 2.37. The van der Waals surface area contributed by atoms with Gasteiger partial charge in [-0.05, 0) is 60.9 Å². The van der Waals surface area contributed by atoms with Gasteiger partial charge in [0.05, 0.1) is 35.8 Å². The van der Waals surface area contributed by atoms with Crippen molar-refractivity contribution in [3.8, 4) is 17.5 Å². The maximum atomic E-state index is 12.1. The Morgan fingerprint density at radius 3 is 2.54 bits per heavy atom. The number of hydrogen-bond donors (Lipinski definition) is 3. The molecule has 0 aliphatic carbocycles. The average Bonchev–Trinajstić information content (AvgIpc) is 3.53. The van der Waals surface area contributed by atoms with Crippen LogP contribution >= 0.6 is 0 Å². The van der Waals surface area contributed by atoms with Gasteiger partial charge in [-0.15, -0.1) is 0 Å². The normalized spacial score (nSPS) is 17.7. The molecule has 234 valence electrons. The molecule has 1 aliphatic rings. The predicted molar refractivity (Wildman–Crippen MR) is 175 cm³/mol. The van der Waals surface area contributed by atoms with E-state index in [0.29, 0.717) is 42.3 Å². The molecule has 4 heterocycles. The number of carbonyl (C=O) groups is 1. The van der Waals surface area contributed by atoms with Crippen molar-refractivity contribution in [3.05, 3.63) is 113 Å². The molecule has 10 heteroatoms. The maximum Gasteiger partial charge on any atom is 0.407 e. The van der Waals surface area contributed by atoms with Crippen LogP contribution in [0.3, 0.4) is 0 Å². The number of benzene rings is 2. The summed E-state index contributed by atoms with van der Waals surface area (Å²) in [5.74, 6) is 0.150. The van der Waals surface area contributed by atoms with Crippen LogP contribution in [0.5, 0.6) is 0 Å². The van der Waals surface area contributed by atoms with Crippen molar-refractivity contribution < 1.29 is 15.0 Å². The second kappa shape index (κ2) is 13.4. The molecular weight excluding hydrogens is 578 g/mol. The topological polar surface area (TPSA) is 140 Å². The third-order valence-electron chi connectivity index (χ3n) is 9.04. The molecular formula is C36H37N7O3. The molecule has 1 fully saturated rings. The molecule has 10 nitrogen and oxygen atoms in total. The van der Waals surface area contributed by atoms with E-state index in [-0.39, 0.29) is 18.0 Å². The summed E-state index contributed by atoms with van der Waals surface area (Å²) >= 11 is 0. The van der Waals surface area contributed by atoms with Gasteiger partial charge in [0.15, 0.2) is 0 Å². The molecule has 2 aromatic carbocycles. The summed E-state index contributed by atoms with van der Waals surface area (Å²) in [5, 5.41) is 34.7. The first kappa shape index (κ1) is 30.7. The number of hydrogen-bond acceptors (Lipinski definition) is 7. The summed E-state index contributed by atoms with van der Waals surface area (Å²) in [5.41, 5.74) is 6.28. The lowest BCUT2D eigenvalue weighted by Crippen LogP contribution is -2.50. The van der Waals surface area contributed by atoms with E-state index in [4.69, 9.17) is 4.98 Å². The first-order valence-electron chi connectivity index (χ1n) is 15.7. The third-order valence-corrected chi connectivity index (χ3v) is 9.04. The van der Waals surface area contributed by atoms with Crippen LogP contribution in [0.25, 0.3) is 17.0 Å².